The molecule has 52 heavy (non-hydrogen) atoms. The molecule has 0 bridgehead atoms. The molecule has 1 heterocycles. The first-order valence-corrected chi connectivity index (χ1v) is 18.8. The van der Waals surface area contributed by atoms with Crippen LogP contribution in [0.2, 0.25) is 0 Å². The monoisotopic (exact) mass is 732 g/mol. The zero-order chi connectivity index (χ0) is 37.8. The Labute approximate surface area is 304 Å². The number of H-pyrrole nitrogens is 2. The van der Waals surface area contributed by atoms with Gasteiger partial charge in [-0.3, -0.25) is 9.59 Å². The molecule has 1 aliphatic carbocycles. The molecule has 3 amide bonds. The number of nitrogens with one attached hydrogen (secondary N) is 5. The van der Waals surface area contributed by atoms with Gasteiger partial charge >= 0.3 is 11.8 Å². The number of nitrogens with zero attached hydrogens (tertiary/aromatic N) is 1. The summed E-state index contributed by atoms with van der Waals surface area (Å²) in [4.78, 5) is 56.8. The predicted octanol–water partition coefficient (Wildman–Crippen LogP) is 5.08. The van der Waals surface area contributed by atoms with E-state index in [0.717, 1.165) is 35.1 Å². The van der Waals surface area contributed by atoms with Gasteiger partial charge in [-0.05, 0) is 112 Å². The third kappa shape index (κ3) is 9.68. The van der Waals surface area contributed by atoms with E-state index in [1.165, 1.54) is 18.4 Å². The molecular formula is C38H48N6O7S. The number of alkyl carbamates (subject to hydrolysis) is 1. The van der Waals surface area contributed by atoms with Gasteiger partial charge in [-0.1, -0.05) is 30.3 Å². The fourth-order valence-electron chi connectivity index (χ4n) is 6.40. The Hall–Kier alpha value is -4.95. The highest BCUT2D eigenvalue weighted by atomic mass is 32.2. The quantitative estimate of drug-likeness (QED) is 0.143. The molecule has 5 N–H and O–H groups in total. The van der Waals surface area contributed by atoms with Gasteiger partial charge in [-0.25, -0.2) is 22.3 Å². The average molecular weight is 733 g/mol. The summed E-state index contributed by atoms with van der Waals surface area (Å²) in [6.07, 6.45) is 2.52. The Kier molecular flexibility index (Phi) is 11.6. The van der Waals surface area contributed by atoms with Gasteiger partial charge in [0.05, 0.1) is 15.9 Å². The van der Waals surface area contributed by atoms with Gasteiger partial charge in [0, 0.05) is 38.7 Å². The van der Waals surface area contributed by atoms with E-state index in [-0.39, 0.29) is 34.7 Å². The van der Waals surface area contributed by atoms with Crippen molar-refractivity contribution in [3.8, 4) is 11.1 Å². The van der Waals surface area contributed by atoms with Crippen molar-refractivity contribution in [2.45, 2.75) is 76.3 Å². The minimum atomic E-state index is -3.57. The molecule has 3 aromatic carbocycles. The van der Waals surface area contributed by atoms with Crippen LogP contribution < -0.4 is 21.6 Å². The molecule has 0 saturated heterocycles. The van der Waals surface area contributed by atoms with E-state index >= 15 is 0 Å². The van der Waals surface area contributed by atoms with Gasteiger partial charge in [0.2, 0.25) is 21.8 Å². The smallest absolute Gasteiger partial charge is 0.407 e. The SMILES string of the molecule is Cc1cc(S(=O)(=O)N(C)C)ccc1-c1ccc(C[C@H](NC(=O)[C@H]2CC[C@H](CNC(=O)OC(C)(C)C)CC2)C(=O)Nc2ccc3[nH]c(=O)[nH]c3c2)cc1. The number of benzene rings is 3. The first kappa shape index (κ1) is 38.3. The molecular weight excluding hydrogens is 685 g/mol. The Morgan fingerprint density at radius 3 is 2.23 bits per heavy atom. The topological polar surface area (TPSA) is 183 Å². The van der Waals surface area contributed by atoms with E-state index in [9.17, 15) is 27.6 Å². The maximum absolute atomic E-state index is 13.8. The minimum Gasteiger partial charge on any atom is -0.444 e. The second kappa shape index (κ2) is 15.7. The molecule has 0 aliphatic heterocycles. The van der Waals surface area contributed by atoms with E-state index < -0.39 is 33.7 Å². The first-order chi connectivity index (χ1) is 24.5. The number of carbonyl (C=O) groups excluding carboxylic acids is 3. The molecule has 278 valence electrons. The maximum atomic E-state index is 13.8. The third-order valence-electron chi connectivity index (χ3n) is 9.25. The summed E-state index contributed by atoms with van der Waals surface area (Å²) in [5.41, 5.74) is 4.06. The molecule has 1 fully saturated rings. The van der Waals surface area contributed by atoms with Crippen LogP contribution in [0.3, 0.4) is 0 Å². The van der Waals surface area contributed by atoms with Crippen LogP contribution in [0.15, 0.2) is 70.4 Å². The van der Waals surface area contributed by atoms with Crippen LogP contribution in [0.5, 0.6) is 0 Å². The van der Waals surface area contributed by atoms with Crippen LogP contribution in [0.1, 0.15) is 57.6 Å². The maximum Gasteiger partial charge on any atom is 0.407 e. The number of fused-ring (bicyclic) bond motifs is 1. The number of aromatic amines is 2. The van der Waals surface area contributed by atoms with Gasteiger partial charge in [0.25, 0.3) is 0 Å². The Bertz CT molecular complexity index is 2090. The molecule has 0 radical (unpaired) electrons. The highest BCUT2D eigenvalue weighted by Gasteiger charge is 2.30. The zero-order valence-electron chi connectivity index (χ0n) is 30.5. The standard InChI is InChI=1S/C38H48N6O7S/c1-23-19-29(52(49,50)44(5)6)16-17-30(23)26-11-7-24(8-12-26)20-33(35(46)40-28-15-18-31-32(21-28)43-36(47)42-31)41-34(45)27-13-9-25(10-14-27)22-39-37(48)51-38(2,3)4/h7-8,11-12,15-19,21,25,27,33H,9-10,13-14,20,22H2,1-6H3,(H,39,48)(H,40,46)(H,41,45)(H2,42,43,47)/t25-,27-,33-/m0/s1. The van der Waals surface area contributed by atoms with Crippen molar-refractivity contribution in [2.75, 3.05) is 26.0 Å². The van der Waals surface area contributed by atoms with Gasteiger partial charge in [0.15, 0.2) is 0 Å². The number of rotatable bonds is 11. The van der Waals surface area contributed by atoms with E-state index in [1.54, 1.807) is 36.4 Å². The Morgan fingerprint density at radius 2 is 1.60 bits per heavy atom. The van der Waals surface area contributed by atoms with E-state index in [2.05, 4.69) is 25.9 Å². The van der Waals surface area contributed by atoms with Gasteiger partial charge in [-0.15, -0.1) is 0 Å². The number of ether oxygens (including phenoxy) is 1. The van der Waals surface area contributed by atoms with Crippen LogP contribution in [-0.4, -0.2) is 72.9 Å². The normalized spacial score (nSPS) is 17.1. The number of hydrogen-bond acceptors (Lipinski definition) is 7. The molecule has 1 aromatic heterocycles. The van der Waals surface area contributed by atoms with E-state index in [0.29, 0.717) is 36.1 Å². The van der Waals surface area contributed by atoms with Gasteiger partial charge < -0.3 is 30.7 Å². The second-order valence-electron chi connectivity index (χ2n) is 14.7. The molecule has 5 rings (SSSR count). The number of sulfonamides is 1. The predicted molar refractivity (Wildman–Crippen MR) is 200 cm³/mol. The van der Waals surface area contributed by atoms with Gasteiger partial charge in [0.1, 0.15) is 11.6 Å². The number of amides is 3. The van der Waals surface area contributed by atoms with Crippen LogP contribution in [0.4, 0.5) is 10.5 Å². The lowest BCUT2D eigenvalue weighted by molar-refractivity contribution is -0.130. The number of aryl methyl sites for hydroxylation is 1. The Morgan fingerprint density at radius 1 is 0.923 bits per heavy atom. The summed E-state index contributed by atoms with van der Waals surface area (Å²) in [5.74, 6) is -0.664. The van der Waals surface area contributed by atoms with Crippen LogP contribution in [0, 0.1) is 18.8 Å². The number of hydrogen-bond donors (Lipinski definition) is 5. The number of carbonyl (C=O) groups is 3. The minimum absolute atomic E-state index is 0.205. The lowest BCUT2D eigenvalue weighted by Gasteiger charge is -2.29. The van der Waals surface area contributed by atoms with E-state index in [4.69, 9.17) is 4.74 Å². The summed E-state index contributed by atoms with van der Waals surface area (Å²) < 4.78 is 31.7. The molecule has 1 saturated carbocycles. The van der Waals surface area contributed by atoms with Crippen molar-refractivity contribution in [2.24, 2.45) is 11.8 Å². The highest BCUT2D eigenvalue weighted by Crippen LogP contribution is 2.30. The number of anilines is 1. The van der Waals surface area contributed by atoms with Crippen molar-refractivity contribution in [1.82, 2.24) is 24.9 Å². The summed E-state index contributed by atoms with van der Waals surface area (Å²) in [5, 5.41) is 8.74. The summed E-state index contributed by atoms with van der Waals surface area (Å²) in [6.45, 7) is 7.77. The lowest BCUT2D eigenvalue weighted by atomic mass is 9.81. The van der Waals surface area contributed by atoms with Crippen molar-refractivity contribution in [1.29, 1.82) is 0 Å². The molecule has 1 atom stereocenters. The molecule has 4 aromatic rings. The summed E-state index contributed by atoms with van der Waals surface area (Å²) in [7, 11) is -0.577. The molecule has 0 spiro atoms. The molecule has 1 aliphatic rings. The summed E-state index contributed by atoms with van der Waals surface area (Å²) >= 11 is 0. The molecule has 0 unspecified atom stereocenters. The highest BCUT2D eigenvalue weighted by molar-refractivity contribution is 7.89. The third-order valence-corrected chi connectivity index (χ3v) is 11.1. The number of aromatic nitrogens is 2. The van der Waals surface area contributed by atoms with Crippen LogP contribution >= 0.6 is 0 Å². The number of imidazole rings is 1. The van der Waals surface area contributed by atoms with Crippen molar-refractivity contribution < 1.29 is 27.5 Å². The lowest BCUT2D eigenvalue weighted by Crippen LogP contribution is -2.48. The zero-order valence-corrected chi connectivity index (χ0v) is 31.3. The van der Waals surface area contributed by atoms with Crippen LogP contribution in [-0.2, 0) is 30.8 Å². The van der Waals surface area contributed by atoms with E-state index in [1.807, 2.05) is 52.0 Å². The Balaban J connectivity index is 1.28. The fraction of sp³-hybridized carbons (Fsp3) is 0.421. The average Bonchev–Trinajstić information content (AvgIpc) is 3.46. The van der Waals surface area contributed by atoms with Crippen molar-refractivity contribution >= 4 is 44.7 Å². The van der Waals surface area contributed by atoms with Crippen molar-refractivity contribution in [3.63, 3.8) is 0 Å². The first-order valence-electron chi connectivity index (χ1n) is 17.4. The largest absolute Gasteiger partial charge is 0.444 e. The van der Waals surface area contributed by atoms with Crippen LogP contribution in [0.25, 0.3) is 22.2 Å². The second-order valence-corrected chi connectivity index (χ2v) is 16.8. The van der Waals surface area contributed by atoms with Crippen molar-refractivity contribution in [3.05, 3.63) is 82.3 Å². The molecule has 13 nitrogen and oxygen atoms in total. The fourth-order valence-corrected chi connectivity index (χ4v) is 7.38. The summed E-state index contributed by atoms with van der Waals surface area (Å²) in [6, 6.07) is 16.8. The van der Waals surface area contributed by atoms with Gasteiger partial charge in [-0.2, -0.15) is 0 Å². The molecule has 14 heteroatoms.